The topological polar surface area (TPSA) is 64.3 Å². The molecule has 3 N–H and O–H groups in total. The lowest BCUT2D eigenvalue weighted by Crippen LogP contribution is -2.32. The Balaban J connectivity index is 2.22. The molecule has 1 unspecified atom stereocenters. The molecule has 0 aliphatic heterocycles. The largest absolute Gasteiger partial charge is 0.448 e. The zero-order valence-electron chi connectivity index (χ0n) is 9.78. The van der Waals surface area contributed by atoms with Gasteiger partial charge in [0.2, 0.25) is 0 Å². The van der Waals surface area contributed by atoms with E-state index in [9.17, 15) is 4.79 Å². The summed E-state index contributed by atoms with van der Waals surface area (Å²) in [6.45, 7) is 3.01. The highest BCUT2D eigenvalue weighted by Crippen LogP contribution is 2.11. The van der Waals surface area contributed by atoms with Crippen molar-refractivity contribution in [1.82, 2.24) is 5.32 Å². The maximum atomic E-state index is 10.3. The summed E-state index contributed by atoms with van der Waals surface area (Å²) in [7, 11) is 0. The monoisotopic (exact) mass is 300 g/mol. The number of primary amides is 1. The second-order valence-electron chi connectivity index (χ2n) is 3.85. The summed E-state index contributed by atoms with van der Waals surface area (Å²) in [6.07, 6.45) is 0.205. The van der Waals surface area contributed by atoms with Crippen LogP contribution in [-0.4, -0.2) is 25.3 Å². The minimum atomic E-state index is -0.729. The van der Waals surface area contributed by atoms with Crippen molar-refractivity contribution in [3.63, 3.8) is 0 Å². The molecule has 1 amide bonds. The molecule has 1 rings (SSSR count). The predicted molar refractivity (Wildman–Crippen MR) is 70.8 cm³/mol. The Bertz CT molecular complexity index is 354. The van der Waals surface area contributed by atoms with Crippen LogP contribution in [-0.2, 0) is 11.2 Å². The molecule has 1 aromatic rings. The fraction of sp³-hybridized carbons (Fsp3) is 0.417. The fourth-order valence-corrected chi connectivity index (χ4v) is 1.77. The van der Waals surface area contributed by atoms with E-state index in [1.807, 2.05) is 12.1 Å². The quantitative estimate of drug-likeness (QED) is 0.791. The average molecular weight is 301 g/mol. The highest BCUT2D eigenvalue weighted by atomic mass is 79.9. The first-order valence-electron chi connectivity index (χ1n) is 5.48. The molecule has 17 heavy (non-hydrogen) atoms. The molecule has 5 heteroatoms. The lowest BCUT2D eigenvalue weighted by atomic mass is 10.1. The smallest absolute Gasteiger partial charge is 0.404 e. The highest BCUT2D eigenvalue weighted by Gasteiger charge is 2.03. The third-order valence-electron chi connectivity index (χ3n) is 2.29. The zero-order chi connectivity index (χ0) is 12.7. The second-order valence-corrected chi connectivity index (χ2v) is 4.77. The van der Waals surface area contributed by atoms with Crippen LogP contribution >= 0.6 is 15.9 Å². The van der Waals surface area contributed by atoms with Crippen LogP contribution in [0.3, 0.4) is 0 Å². The van der Waals surface area contributed by atoms with Crippen molar-refractivity contribution in [1.29, 1.82) is 0 Å². The van der Waals surface area contributed by atoms with E-state index in [0.29, 0.717) is 19.2 Å². The van der Waals surface area contributed by atoms with Crippen LogP contribution in [0.5, 0.6) is 0 Å². The maximum absolute atomic E-state index is 10.3. The molecule has 4 nitrogen and oxygen atoms in total. The van der Waals surface area contributed by atoms with Crippen molar-refractivity contribution in [2.24, 2.45) is 5.73 Å². The number of carbonyl (C=O) groups is 1. The van der Waals surface area contributed by atoms with Gasteiger partial charge in [-0.2, -0.15) is 0 Å². The Hall–Kier alpha value is -1.07. The Kier molecular flexibility index (Phi) is 6.00. The molecule has 1 aromatic carbocycles. The lowest BCUT2D eigenvalue weighted by Gasteiger charge is -2.13. The number of hydrogen-bond donors (Lipinski definition) is 2. The molecule has 0 saturated heterocycles. The first kappa shape index (κ1) is 14.0. The van der Waals surface area contributed by atoms with Crippen LogP contribution < -0.4 is 11.1 Å². The number of nitrogens with two attached hydrogens (primary N) is 1. The standard InChI is InChI=1S/C12H17BrN2O2/c1-9(15-6-7-17-12(14)16)8-10-2-4-11(13)5-3-10/h2-5,9,15H,6-8H2,1H3,(H2,14,16). The summed E-state index contributed by atoms with van der Waals surface area (Å²) < 4.78 is 5.71. The number of ether oxygens (including phenoxy) is 1. The second kappa shape index (κ2) is 7.29. The van der Waals surface area contributed by atoms with Gasteiger partial charge in [0, 0.05) is 17.1 Å². The molecule has 0 aromatic heterocycles. The molecule has 0 radical (unpaired) electrons. The van der Waals surface area contributed by atoms with E-state index >= 15 is 0 Å². The van der Waals surface area contributed by atoms with Gasteiger partial charge in [-0.3, -0.25) is 0 Å². The van der Waals surface area contributed by atoms with E-state index in [2.05, 4.69) is 45.0 Å². The summed E-state index contributed by atoms with van der Waals surface area (Å²) in [5.41, 5.74) is 6.12. The molecule has 0 heterocycles. The zero-order valence-corrected chi connectivity index (χ0v) is 11.4. The van der Waals surface area contributed by atoms with E-state index in [0.717, 1.165) is 10.9 Å². The molecule has 0 fully saturated rings. The number of halogens is 1. The lowest BCUT2D eigenvalue weighted by molar-refractivity contribution is 0.156. The normalized spacial score (nSPS) is 12.1. The van der Waals surface area contributed by atoms with Gasteiger partial charge in [0.15, 0.2) is 0 Å². The minimum absolute atomic E-state index is 0.306. The van der Waals surface area contributed by atoms with Crippen molar-refractivity contribution < 1.29 is 9.53 Å². The van der Waals surface area contributed by atoms with Gasteiger partial charge in [0.1, 0.15) is 6.61 Å². The molecule has 0 bridgehead atoms. The summed E-state index contributed by atoms with van der Waals surface area (Å²) in [5.74, 6) is 0. The molecule has 94 valence electrons. The Labute approximate surface area is 110 Å². The van der Waals surface area contributed by atoms with Crippen LogP contribution in [0.15, 0.2) is 28.7 Å². The number of benzene rings is 1. The van der Waals surface area contributed by atoms with Gasteiger partial charge in [0.25, 0.3) is 0 Å². The van der Waals surface area contributed by atoms with E-state index in [1.54, 1.807) is 0 Å². The molecule has 0 aliphatic rings. The number of carbonyl (C=O) groups excluding carboxylic acids is 1. The average Bonchev–Trinajstić information content (AvgIpc) is 2.27. The van der Waals surface area contributed by atoms with Gasteiger partial charge in [0.05, 0.1) is 0 Å². The SMILES string of the molecule is CC(Cc1ccc(Br)cc1)NCCOC(N)=O. The molecule has 0 saturated carbocycles. The molecule has 0 spiro atoms. The summed E-state index contributed by atoms with van der Waals surface area (Å²) >= 11 is 3.40. The van der Waals surface area contributed by atoms with Crippen LogP contribution in [0.4, 0.5) is 4.79 Å². The van der Waals surface area contributed by atoms with Crippen molar-refractivity contribution in [2.75, 3.05) is 13.2 Å². The van der Waals surface area contributed by atoms with E-state index in [4.69, 9.17) is 5.73 Å². The first-order valence-corrected chi connectivity index (χ1v) is 6.27. The van der Waals surface area contributed by atoms with E-state index in [1.165, 1.54) is 5.56 Å². The van der Waals surface area contributed by atoms with Crippen molar-refractivity contribution >= 4 is 22.0 Å². The van der Waals surface area contributed by atoms with Crippen LogP contribution in [0, 0.1) is 0 Å². The molecule has 0 aliphatic carbocycles. The summed E-state index contributed by atoms with van der Waals surface area (Å²) in [6, 6.07) is 8.55. The van der Waals surface area contributed by atoms with Crippen LogP contribution in [0.2, 0.25) is 0 Å². The Morgan fingerprint density at radius 3 is 2.71 bits per heavy atom. The molecule has 1 atom stereocenters. The number of hydrogen-bond acceptors (Lipinski definition) is 3. The third-order valence-corrected chi connectivity index (χ3v) is 2.82. The maximum Gasteiger partial charge on any atom is 0.404 e. The number of nitrogens with one attached hydrogen (secondary N) is 1. The minimum Gasteiger partial charge on any atom is -0.448 e. The van der Waals surface area contributed by atoms with Crippen molar-refractivity contribution in [2.45, 2.75) is 19.4 Å². The van der Waals surface area contributed by atoms with Crippen LogP contribution in [0.25, 0.3) is 0 Å². The molecular formula is C12H17BrN2O2. The van der Waals surface area contributed by atoms with Gasteiger partial charge in [-0.15, -0.1) is 0 Å². The first-order chi connectivity index (χ1) is 8.08. The van der Waals surface area contributed by atoms with Gasteiger partial charge in [-0.05, 0) is 31.0 Å². The summed E-state index contributed by atoms with van der Waals surface area (Å²) in [5, 5.41) is 3.26. The predicted octanol–water partition coefficient (Wildman–Crippen LogP) is 2.06. The molecular weight excluding hydrogens is 284 g/mol. The highest BCUT2D eigenvalue weighted by molar-refractivity contribution is 9.10. The summed E-state index contributed by atoms with van der Waals surface area (Å²) in [4.78, 5) is 10.3. The van der Waals surface area contributed by atoms with Crippen molar-refractivity contribution in [3.05, 3.63) is 34.3 Å². The van der Waals surface area contributed by atoms with Gasteiger partial charge >= 0.3 is 6.09 Å². The van der Waals surface area contributed by atoms with Gasteiger partial charge in [-0.1, -0.05) is 28.1 Å². The Morgan fingerprint density at radius 1 is 1.47 bits per heavy atom. The van der Waals surface area contributed by atoms with Gasteiger partial charge < -0.3 is 15.8 Å². The third kappa shape index (κ3) is 6.28. The van der Waals surface area contributed by atoms with E-state index < -0.39 is 6.09 Å². The van der Waals surface area contributed by atoms with Crippen LogP contribution in [0.1, 0.15) is 12.5 Å². The van der Waals surface area contributed by atoms with Crippen molar-refractivity contribution in [3.8, 4) is 0 Å². The fourth-order valence-electron chi connectivity index (χ4n) is 1.50. The van der Waals surface area contributed by atoms with Gasteiger partial charge in [-0.25, -0.2) is 4.79 Å². The number of rotatable bonds is 6. The number of amides is 1. The van der Waals surface area contributed by atoms with E-state index in [-0.39, 0.29) is 0 Å². The Morgan fingerprint density at radius 2 is 2.12 bits per heavy atom.